The third kappa shape index (κ3) is 3.58. The highest BCUT2D eigenvalue weighted by Gasteiger charge is 2.31. The molecule has 1 aromatic carbocycles. The topological polar surface area (TPSA) is 51.0 Å². The Bertz CT molecular complexity index is 970. The lowest BCUT2D eigenvalue weighted by molar-refractivity contribution is -0.130. The van der Waals surface area contributed by atoms with Gasteiger partial charge in [-0.05, 0) is 44.2 Å². The third-order valence-electron chi connectivity index (χ3n) is 6.00. The Labute approximate surface area is 169 Å². The van der Waals surface area contributed by atoms with Gasteiger partial charge in [0.25, 0.3) is 0 Å². The highest BCUT2D eigenvalue weighted by atomic mass is 32.1. The zero-order valence-corrected chi connectivity index (χ0v) is 17.1. The van der Waals surface area contributed by atoms with Crippen molar-refractivity contribution in [3.05, 3.63) is 47.0 Å². The summed E-state index contributed by atoms with van der Waals surface area (Å²) >= 11 is 1.70. The van der Waals surface area contributed by atoms with E-state index in [1.165, 1.54) is 29.1 Å². The van der Waals surface area contributed by atoms with Crippen LogP contribution in [-0.4, -0.2) is 38.4 Å². The molecule has 5 nitrogen and oxygen atoms in total. The fourth-order valence-electron chi connectivity index (χ4n) is 4.25. The van der Waals surface area contributed by atoms with Crippen LogP contribution < -0.4 is 0 Å². The highest BCUT2D eigenvalue weighted by molar-refractivity contribution is 7.18. The van der Waals surface area contributed by atoms with Crippen molar-refractivity contribution in [2.45, 2.75) is 51.5 Å². The van der Waals surface area contributed by atoms with Gasteiger partial charge < -0.3 is 9.47 Å². The quantitative estimate of drug-likeness (QED) is 0.631. The molecule has 5 rings (SSSR count). The Morgan fingerprint density at radius 2 is 2.11 bits per heavy atom. The average Bonchev–Trinajstić information content (AvgIpc) is 3.13. The Kier molecular flexibility index (Phi) is 4.67. The highest BCUT2D eigenvalue weighted by Crippen LogP contribution is 2.40. The van der Waals surface area contributed by atoms with Crippen LogP contribution in [0.2, 0.25) is 0 Å². The van der Waals surface area contributed by atoms with E-state index in [0.717, 1.165) is 43.0 Å². The molecule has 1 amide bonds. The molecule has 3 aromatic rings. The summed E-state index contributed by atoms with van der Waals surface area (Å²) in [6.07, 6.45) is 6.95. The number of fused-ring (bicyclic) bond motifs is 1. The minimum atomic E-state index is 0.270. The van der Waals surface area contributed by atoms with Crippen molar-refractivity contribution < 1.29 is 4.79 Å². The summed E-state index contributed by atoms with van der Waals surface area (Å²) in [5.41, 5.74) is 2.29. The van der Waals surface area contributed by atoms with Crippen molar-refractivity contribution in [2.24, 2.45) is 5.92 Å². The van der Waals surface area contributed by atoms with E-state index in [0.29, 0.717) is 18.3 Å². The van der Waals surface area contributed by atoms with Gasteiger partial charge in [0.2, 0.25) is 5.91 Å². The van der Waals surface area contributed by atoms with Gasteiger partial charge in [-0.3, -0.25) is 4.79 Å². The standard InChI is InChI=1S/C22H26N4OS/c1-15-12-23-22(17-6-7-17)26(15)14-16-10-11-25(13-16)21(27)9-8-20-24-18-4-2-3-5-19(18)28-20/h2-5,12,16-17H,6-11,13-14H2,1H3. The molecule has 1 saturated carbocycles. The van der Waals surface area contributed by atoms with Crippen molar-refractivity contribution in [3.8, 4) is 0 Å². The number of hydrogen-bond donors (Lipinski definition) is 0. The maximum absolute atomic E-state index is 12.7. The van der Waals surface area contributed by atoms with E-state index in [2.05, 4.69) is 32.4 Å². The van der Waals surface area contributed by atoms with Crippen LogP contribution in [0.25, 0.3) is 10.2 Å². The third-order valence-corrected chi connectivity index (χ3v) is 7.09. The smallest absolute Gasteiger partial charge is 0.222 e. The largest absolute Gasteiger partial charge is 0.342 e. The molecule has 0 radical (unpaired) electrons. The SMILES string of the molecule is Cc1cnc(C2CC2)n1CC1CCN(C(=O)CCc2nc3ccccc3s2)C1. The molecule has 1 aliphatic heterocycles. The number of rotatable bonds is 6. The summed E-state index contributed by atoms with van der Waals surface area (Å²) in [4.78, 5) is 24.1. The van der Waals surface area contributed by atoms with Gasteiger partial charge in [0, 0.05) is 50.3 Å². The number of para-hydroxylation sites is 1. The monoisotopic (exact) mass is 394 g/mol. The molecule has 1 atom stereocenters. The van der Waals surface area contributed by atoms with Gasteiger partial charge in [0.1, 0.15) is 5.82 Å². The second-order valence-electron chi connectivity index (χ2n) is 8.21. The predicted octanol–water partition coefficient (Wildman–Crippen LogP) is 4.16. The molecule has 1 saturated heterocycles. The first-order chi connectivity index (χ1) is 13.7. The van der Waals surface area contributed by atoms with Gasteiger partial charge in [-0.25, -0.2) is 9.97 Å². The van der Waals surface area contributed by atoms with E-state index in [4.69, 9.17) is 0 Å². The first kappa shape index (κ1) is 17.9. The van der Waals surface area contributed by atoms with Crippen molar-refractivity contribution in [1.29, 1.82) is 0 Å². The van der Waals surface area contributed by atoms with Crippen LogP contribution in [0.3, 0.4) is 0 Å². The normalized spacial score (nSPS) is 19.6. The first-order valence-electron chi connectivity index (χ1n) is 10.3. The summed E-state index contributed by atoms with van der Waals surface area (Å²) in [6, 6.07) is 8.18. The molecule has 6 heteroatoms. The lowest BCUT2D eigenvalue weighted by Crippen LogP contribution is -2.29. The van der Waals surface area contributed by atoms with Crippen LogP contribution in [0.1, 0.15) is 48.1 Å². The Balaban J connectivity index is 1.16. The second kappa shape index (κ2) is 7.32. The van der Waals surface area contributed by atoms with E-state index in [-0.39, 0.29) is 5.91 Å². The molecular weight excluding hydrogens is 368 g/mol. The number of imidazole rings is 1. The minimum absolute atomic E-state index is 0.270. The predicted molar refractivity (Wildman–Crippen MR) is 112 cm³/mol. The lowest BCUT2D eigenvalue weighted by Gasteiger charge is -2.18. The minimum Gasteiger partial charge on any atom is -0.342 e. The maximum atomic E-state index is 12.7. The number of amides is 1. The number of hydrogen-bond acceptors (Lipinski definition) is 4. The average molecular weight is 395 g/mol. The van der Waals surface area contributed by atoms with Crippen LogP contribution in [-0.2, 0) is 17.8 Å². The van der Waals surface area contributed by atoms with E-state index in [1.54, 1.807) is 11.3 Å². The number of aryl methyl sites for hydroxylation is 2. The van der Waals surface area contributed by atoms with Gasteiger partial charge in [-0.1, -0.05) is 12.1 Å². The summed E-state index contributed by atoms with van der Waals surface area (Å²) in [6.45, 7) is 4.91. The zero-order valence-electron chi connectivity index (χ0n) is 16.3. The summed E-state index contributed by atoms with van der Waals surface area (Å²) < 4.78 is 3.60. The maximum Gasteiger partial charge on any atom is 0.222 e. The van der Waals surface area contributed by atoms with E-state index in [1.807, 2.05) is 24.4 Å². The van der Waals surface area contributed by atoms with Crippen LogP contribution >= 0.6 is 11.3 Å². The van der Waals surface area contributed by atoms with Crippen molar-refractivity contribution >= 4 is 27.5 Å². The first-order valence-corrected chi connectivity index (χ1v) is 11.1. The number of carbonyl (C=O) groups is 1. The Hall–Kier alpha value is -2.21. The molecule has 0 N–H and O–H groups in total. The van der Waals surface area contributed by atoms with E-state index in [9.17, 15) is 4.79 Å². The fraction of sp³-hybridized carbons (Fsp3) is 0.500. The van der Waals surface area contributed by atoms with Gasteiger partial charge >= 0.3 is 0 Å². The van der Waals surface area contributed by atoms with Crippen molar-refractivity contribution in [3.63, 3.8) is 0 Å². The fourth-order valence-corrected chi connectivity index (χ4v) is 5.22. The number of carbonyl (C=O) groups excluding carboxylic acids is 1. The Morgan fingerprint density at radius 1 is 1.25 bits per heavy atom. The molecule has 2 fully saturated rings. The van der Waals surface area contributed by atoms with E-state index >= 15 is 0 Å². The van der Waals surface area contributed by atoms with Gasteiger partial charge in [0.15, 0.2) is 0 Å². The van der Waals surface area contributed by atoms with Crippen LogP contribution in [0.5, 0.6) is 0 Å². The summed E-state index contributed by atoms with van der Waals surface area (Å²) in [7, 11) is 0. The van der Waals surface area contributed by atoms with Gasteiger partial charge in [0.05, 0.1) is 15.2 Å². The zero-order chi connectivity index (χ0) is 19.1. The number of thiazole rings is 1. The molecule has 1 unspecified atom stereocenters. The number of aromatic nitrogens is 3. The van der Waals surface area contributed by atoms with Gasteiger partial charge in [-0.15, -0.1) is 11.3 Å². The molecule has 0 bridgehead atoms. The molecular formula is C22H26N4OS. The van der Waals surface area contributed by atoms with Crippen LogP contribution in [0, 0.1) is 12.8 Å². The number of likely N-dealkylation sites (tertiary alicyclic amines) is 1. The number of nitrogens with zero attached hydrogens (tertiary/aromatic N) is 4. The molecule has 2 aliphatic rings. The molecule has 146 valence electrons. The van der Waals surface area contributed by atoms with Crippen LogP contribution in [0.4, 0.5) is 0 Å². The number of benzene rings is 1. The molecule has 2 aromatic heterocycles. The van der Waals surface area contributed by atoms with Crippen LogP contribution in [0.15, 0.2) is 30.5 Å². The van der Waals surface area contributed by atoms with Gasteiger partial charge in [-0.2, -0.15) is 0 Å². The summed E-state index contributed by atoms with van der Waals surface area (Å²) in [5.74, 6) is 2.74. The van der Waals surface area contributed by atoms with E-state index < -0.39 is 0 Å². The molecule has 1 aliphatic carbocycles. The lowest BCUT2D eigenvalue weighted by atomic mass is 10.1. The van der Waals surface area contributed by atoms with Crippen molar-refractivity contribution in [1.82, 2.24) is 19.4 Å². The van der Waals surface area contributed by atoms with Crippen molar-refractivity contribution in [2.75, 3.05) is 13.1 Å². The molecule has 0 spiro atoms. The molecule has 3 heterocycles. The Morgan fingerprint density at radius 3 is 2.93 bits per heavy atom. The second-order valence-corrected chi connectivity index (χ2v) is 9.33. The molecule has 28 heavy (non-hydrogen) atoms. The summed E-state index contributed by atoms with van der Waals surface area (Å²) in [5, 5.41) is 1.06.